The average Bonchev–Trinajstić information content (AvgIpc) is 2.60. The predicted molar refractivity (Wildman–Crippen MR) is 98.3 cm³/mol. The lowest BCUT2D eigenvalue weighted by molar-refractivity contribution is -0.122. The Balaban J connectivity index is 1.74. The topological polar surface area (TPSA) is 67.4 Å². The summed E-state index contributed by atoms with van der Waals surface area (Å²) in [5.74, 6) is -0.0375. The van der Waals surface area contributed by atoms with Gasteiger partial charge in [0, 0.05) is 5.02 Å². The van der Waals surface area contributed by atoms with E-state index >= 15 is 0 Å². The summed E-state index contributed by atoms with van der Waals surface area (Å²) in [6.07, 6.45) is 0. The summed E-state index contributed by atoms with van der Waals surface area (Å²) >= 11 is 11.8. The molecule has 0 saturated heterocycles. The van der Waals surface area contributed by atoms with Gasteiger partial charge in [-0.25, -0.2) is 0 Å². The van der Waals surface area contributed by atoms with Gasteiger partial charge in [-0.05, 0) is 43.3 Å². The molecular weight excluding hydrogens is 363 g/mol. The minimum Gasteiger partial charge on any atom is -0.492 e. The first-order valence-electron chi connectivity index (χ1n) is 7.69. The van der Waals surface area contributed by atoms with Crippen LogP contribution in [-0.2, 0) is 4.79 Å². The number of nitrogens with one attached hydrogen (secondary N) is 2. The molecule has 0 heterocycles. The summed E-state index contributed by atoms with van der Waals surface area (Å²) in [6, 6.07) is 12.9. The second kappa shape index (κ2) is 9.30. The standard InChI is InChI=1S/C18H18Cl2N2O3/c1-12(22-18(24)15-4-2-3-5-16(15)20)17(23)21-10-11-25-14-8-6-13(19)7-9-14/h2-9,12H,10-11H2,1H3,(H,21,23)(H,22,24)/t12-/m0/s1. The van der Waals surface area contributed by atoms with Gasteiger partial charge in [-0.2, -0.15) is 0 Å². The van der Waals surface area contributed by atoms with Crippen LogP contribution in [0.1, 0.15) is 17.3 Å². The Hall–Kier alpha value is -2.24. The zero-order valence-corrected chi connectivity index (χ0v) is 15.1. The van der Waals surface area contributed by atoms with E-state index < -0.39 is 11.9 Å². The number of benzene rings is 2. The van der Waals surface area contributed by atoms with Crippen LogP contribution >= 0.6 is 23.2 Å². The molecule has 0 spiro atoms. The molecular formula is C18H18Cl2N2O3. The van der Waals surface area contributed by atoms with Crippen LogP contribution in [0.15, 0.2) is 48.5 Å². The third-order valence-corrected chi connectivity index (χ3v) is 3.92. The first kappa shape index (κ1) is 19.1. The van der Waals surface area contributed by atoms with Crippen LogP contribution < -0.4 is 15.4 Å². The van der Waals surface area contributed by atoms with Gasteiger partial charge in [0.15, 0.2) is 0 Å². The highest BCUT2D eigenvalue weighted by molar-refractivity contribution is 6.33. The number of carbonyl (C=O) groups excluding carboxylic acids is 2. The maximum atomic E-state index is 12.1. The van der Waals surface area contributed by atoms with Crippen molar-refractivity contribution in [3.8, 4) is 5.75 Å². The van der Waals surface area contributed by atoms with Crippen LogP contribution in [0.25, 0.3) is 0 Å². The van der Waals surface area contributed by atoms with E-state index in [4.69, 9.17) is 27.9 Å². The predicted octanol–water partition coefficient (Wildman–Crippen LogP) is 3.31. The Morgan fingerprint density at radius 2 is 1.76 bits per heavy atom. The molecule has 5 nitrogen and oxygen atoms in total. The summed E-state index contributed by atoms with van der Waals surface area (Å²) in [6.45, 7) is 2.22. The van der Waals surface area contributed by atoms with E-state index in [0.717, 1.165) is 0 Å². The monoisotopic (exact) mass is 380 g/mol. The average molecular weight is 381 g/mol. The molecule has 2 rings (SSSR count). The fourth-order valence-corrected chi connectivity index (χ4v) is 2.36. The Bertz CT molecular complexity index is 735. The van der Waals surface area contributed by atoms with Gasteiger partial charge in [0.25, 0.3) is 5.91 Å². The minimum absolute atomic E-state index is 0.304. The molecule has 25 heavy (non-hydrogen) atoms. The molecule has 2 N–H and O–H groups in total. The molecule has 0 fully saturated rings. The molecule has 0 aliphatic rings. The highest BCUT2D eigenvalue weighted by atomic mass is 35.5. The molecule has 0 aliphatic heterocycles. The highest BCUT2D eigenvalue weighted by Gasteiger charge is 2.17. The normalized spacial score (nSPS) is 11.5. The van der Waals surface area contributed by atoms with Crippen molar-refractivity contribution in [2.24, 2.45) is 0 Å². The summed E-state index contributed by atoms with van der Waals surface area (Å²) < 4.78 is 5.48. The second-order valence-corrected chi connectivity index (χ2v) is 6.11. The van der Waals surface area contributed by atoms with Crippen molar-refractivity contribution in [2.75, 3.05) is 13.2 Å². The number of amides is 2. The molecule has 2 aromatic carbocycles. The second-order valence-electron chi connectivity index (χ2n) is 5.27. The van der Waals surface area contributed by atoms with Crippen molar-refractivity contribution in [3.05, 3.63) is 64.1 Å². The van der Waals surface area contributed by atoms with Crippen LogP contribution in [0.5, 0.6) is 5.75 Å². The number of rotatable bonds is 7. The quantitative estimate of drug-likeness (QED) is 0.724. The van der Waals surface area contributed by atoms with E-state index in [0.29, 0.717) is 34.5 Å². The maximum Gasteiger partial charge on any atom is 0.253 e. The Morgan fingerprint density at radius 3 is 2.44 bits per heavy atom. The number of hydrogen-bond donors (Lipinski definition) is 2. The van der Waals surface area contributed by atoms with Crippen LogP contribution in [0.3, 0.4) is 0 Å². The number of carbonyl (C=O) groups is 2. The summed E-state index contributed by atoms with van der Waals surface area (Å²) in [7, 11) is 0. The molecule has 0 aliphatic carbocycles. The van der Waals surface area contributed by atoms with Gasteiger partial charge < -0.3 is 15.4 Å². The zero-order valence-electron chi connectivity index (χ0n) is 13.6. The molecule has 0 bridgehead atoms. The van der Waals surface area contributed by atoms with Crippen molar-refractivity contribution in [1.29, 1.82) is 0 Å². The fraction of sp³-hybridized carbons (Fsp3) is 0.222. The smallest absolute Gasteiger partial charge is 0.253 e. The maximum absolute atomic E-state index is 12.1. The highest BCUT2D eigenvalue weighted by Crippen LogP contribution is 2.15. The first-order valence-corrected chi connectivity index (χ1v) is 8.44. The molecule has 1 atom stereocenters. The van der Waals surface area contributed by atoms with Gasteiger partial charge in [-0.1, -0.05) is 35.3 Å². The van der Waals surface area contributed by atoms with E-state index in [2.05, 4.69) is 10.6 Å². The molecule has 0 radical (unpaired) electrons. The molecule has 2 aromatic rings. The van der Waals surface area contributed by atoms with Crippen LogP contribution in [0.2, 0.25) is 10.0 Å². The SMILES string of the molecule is C[C@H](NC(=O)c1ccccc1Cl)C(=O)NCCOc1ccc(Cl)cc1. The molecule has 0 unspecified atom stereocenters. The van der Waals surface area contributed by atoms with E-state index in [1.807, 2.05) is 0 Å². The lowest BCUT2D eigenvalue weighted by Gasteiger charge is -2.15. The zero-order chi connectivity index (χ0) is 18.2. The van der Waals surface area contributed by atoms with Crippen LogP contribution in [0.4, 0.5) is 0 Å². The molecule has 0 aromatic heterocycles. The van der Waals surface area contributed by atoms with Crippen molar-refractivity contribution >= 4 is 35.0 Å². The van der Waals surface area contributed by atoms with E-state index in [1.54, 1.807) is 55.5 Å². The van der Waals surface area contributed by atoms with Gasteiger partial charge in [0.05, 0.1) is 17.1 Å². The number of hydrogen-bond acceptors (Lipinski definition) is 3. The van der Waals surface area contributed by atoms with E-state index in [-0.39, 0.29) is 5.91 Å². The van der Waals surface area contributed by atoms with Crippen LogP contribution in [-0.4, -0.2) is 31.0 Å². The fourth-order valence-electron chi connectivity index (χ4n) is 2.01. The Kier molecular flexibility index (Phi) is 7.10. The lowest BCUT2D eigenvalue weighted by atomic mass is 10.2. The van der Waals surface area contributed by atoms with Crippen molar-refractivity contribution in [1.82, 2.24) is 10.6 Å². The first-order chi connectivity index (χ1) is 12.0. The Labute approximate surface area is 156 Å². The van der Waals surface area contributed by atoms with E-state index in [1.165, 1.54) is 0 Å². The summed E-state index contributed by atoms with van der Waals surface area (Å²) in [5.41, 5.74) is 0.329. The third-order valence-electron chi connectivity index (χ3n) is 3.34. The molecule has 0 saturated carbocycles. The minimum atomic E-state index is -0.695. The van der Waals surface area contributed by atoms with E-state index in [9.17, 15) is 9.59 Å². The van der Waals surface area contributed by atoms with Crippen molar-refractivity contribution in [2.45, 2.75) is 13.0 Å². The summed E-state index contributed by atoms with van der Waals surface area (Å²) in [5, 5.41) is 6.27. The summed E-state index contributed by atoms with van der Waals surface area (Å²) in [4.78, 5) is 24.1. The number of ether oxygens (including phenoxy) is 1. The van der Waals surface area contributed by atoms with Gasteiger partial charge in [-0.3, -0.25) is 9.59 Å². The van der Waals surface area contributed by atoms with Gasteiger partial charge in [0.2, 0.25) is 5.91 Å². The van der Waals surface area contributed by atoms with Crippen molar-refractivity contribution < 1.29 is 14.3 Å². The molecule has 7 heteroatoms. The Morgan fingerprint density at radius 1 is 1.08 bits per heavy atom. The largest absolute Gasteiger partial charge is 0.492 e. The molecule has 132 valence electrons. The van der Waals surface area contributed by atoms with Gasteiger partial charge >= 0.3 is 0 Å². The van der Waals surface area contributed by atoms with Gasteiger partial charge in [-0.15, -0.1) is 0 Å². The lowest BCUT2D eigenvalue weighted by Crippen LogP contribution is -2.45. The van der Waals surface area contributed by atoms with Gasteiger partial charge in [0.1, 0.15) is 18.4 Å². The van der Waals surface area contributed by atoms with Crippen molar-refractivity contribution in [3.63, 3.8) is 0 Å². The third kappa shape index (κ3) is 5.96. The number of halogens is 2. The van der Waals surface area contributed by atoms with Crippen LogP contribution in [0, 0.1) is 0 Å². The molecule has 2 amide bonds.